The molecule has 8 heteroatoms. The lowest BCUT2D eigenvalue weighted by atomic mass is 9.78. The van der Waals surface area contributed by atoms with Crippen LogP contribution in [-0.4, -0.2) is 48.6 Å². The van der Waals surface area contributed by atoms with Crippen molar-refractivity contribution in [2.75, 3.05) is 43.5 Å². The van der Waals surface area contributed by atoms with E-state index in [0.717, 1.165) is 50.4 Å². The highest BCUT2D eigenvalue weighted by molar-refractivity contribution is 6.06. The van der Waals surface area contributed by atoms with Crippen molar-refractivity contribution in [1.29, 1.82) is 0 Å². The fourth-order valence-corrected chi connectivity index (χ4v) is 4.94. The van der Waals surface area contributed by atoms with Crippen LogP contribution in [0.15, 0.2) is 36.7 Å². The van der Waals surface area contributed by atoms with E-state index >= 15 is 0 Å². The first-order chi connectivity index (χ1) is 15.5. The number of benzene rings is 1. The number of amides is 1. The number of carbonyl (C=O) groups is 1. The lowest BCUT2D eigenvalue weighted by Crippen LogP contribution is -2.41. The van der Waals surface area contributed by atoms with Gasteiger partial charge in [0.2, 0.25) is 0 Å². The first kappa shape index (κ1) is 20.8. The molecule has 0 saturated carbocycles. The lowest BCUT2D eigenvalue weighted by Gasteiger charge is -2.40. The Hall–Kier alpha value is -3.13. The van der Waals surface area contributed by atoms with Gasteiger partial charge in [-0.3, -0.25) is 4.79 Å². The summed E-state index contributed by atoms with van der Waals surface area (Å²) >= 11 is 0. The molecule has 0 bridgehead atoms. The summed E-state index contributed by atoms with van der Waals surface area (Å²) in [6.07, 6.45) is 6.95. The quantitative estimate of drug-likeness (QED) is 0.652. The Balaban J connectivity index is 1.32. The van der Waals surface area contributed by atoms with Crippen molar-refractivity contribution in [3.8, 4) is 5.75 Å². The smallest absolute Gasteiger partial charge is 0.261 e. The van der Waals surface area contributed by atoms with Crippen molar-refractivity contribution >= 4 is 22.9 Å². The predicted octanol–water partition coefficient (Wildman–Crippen LogP) is 3.62. The van der Waals surface area contributed by atoms with Crippen LogP contribution in [0.2, 0.25) is 0 Å². The van der Waals surface area contributed by atoms with Gasteiger partial charge in [0.25, 0.3) is 5.91 Å². The van der Waals surface area contributed by atoms with Crippen LogP contribution in [-0.2, 0) is 0 Å². The Kier molecular flexibility index (Phi) is 5.25. The summed E-state index contributed by atoms with van der Waals surface area (Å²) in [6.45, 7) is 5.92. The van der Waals surface area contributed by atoms with Gasteiger partial charge in [0, 0.05) is 43.8 Å². The second-order valence-corrected chi connectivity index (χ2v) is 8.94. The SMILES string of the molecule is COc1cc2nc(C)cn2cc1C(=O)Nc1ccc(N2CCC3(CCNC3)CC2)cc1F. The van der Waals surface area contributed by atoms with Crippen LogP contribution in [0.5, 0.6) is 5.75 Å². The fourth-order valence-electron chi connectivity index (χ4n) is 4.94. The van der Waals surface area contributed by atoms with Gasteiger partial charge in [-0.2, -0.15) is 0 Å². The van der Waals surface area contributed by atoms with Crippen LogP contribution in [0.1, 0.15) is 35.3 Å². The third kappa shape index (κ3) is 3.79. The number of hydrogen-bond acceptors (Lipinski definition) is 5. The van der Waals surface area contributed by atoms with Crippen molar-refractivity contribution in [2.24, 2.45) is 5.41 Å². The van der Waals surface area contributed by atoms with E-state index in [1.165, 1.54) is 19.6 Å². The predicted molar refractivity (Wildman–Crippen MR) is 122 cm³/mol. The van der Waals surface area contributed by atoms with E-state index in [0.29, 0.717) is 22.4 Å². The van der Waals surface area contributed by atoms with Crippen LogP contribution in [0.4, 0.5) is 15.8 Å². The average molecular weight is 438 g/mol. The maximum atomic E-state index is 14.9. The Labute approximate surface area is 186 Å². The van der Waals surface area contributed by atoms with Crippen LogP contribution < -0.4 is 20.3 Å². The Bertz CT molecular complexity index is 1160. The molecule has 0 radical (unpaired) electrons. The standard InChI is InChI=1S/C24H28FN5O2/c1-16-13-30-14-18(21(32-2)12-22(30)27-16)23(31)28-20-4-3-17(11-19(20)25)29-9-6-24(7-10-29)5-8-26-15-24/h3-4,11-14,26H,5-10,15H2,1-2H3,(H,28,31). The fraction of sp³-hybridized carbons (Fsp3) is 0.417. The first-order valence-electron chi connectivity index (χ1n) is 11.1. The molecular weight excluding hydrogens is 409 g/mol. The molecule has 0 atom stereocenters. The molecular formula is C24H28FN5O2. The summed E-state index contributed by atoms with van der Waals surface area (Å²) in [7, 11) is 1.50. The molecule has 7 nitrogen and oxygen atoms in total. The van der Waals surface area contributed by atoms with Gasteiger partial charge in [0.05, 0.1) is 24.1 Å². The summed E-state index contributed by atoms with van der Waals surface area (Å²) < 4.78 is 22.0. The summed E-state index contributed by atoms with van der Waals surface area (Å²) in [4.78, 5) is 19.5. The second kappa shape index (κ2) is 8.09. The average Bonchev–Trinajstić information content (AvgIpc) is 3.39. The van der Waals surface area contributed by atoms with Crippen molar-refractivity contribution in [1.82, 2.24) is 14.7 Å². The first-order valence-corrected chi connectivity index (χ1v) is 11.1. The molecule has 1 aromatic carbocycles. The number of halogens is 1. The molecule has 2 fully saturated rings. The molecule has 1 spiro atoms. The number of fused-ring (bicyclic) bond motifs is 1. The Morgan fingerprint density at radius 3 is 2.72 bits per heavy atom. The van der Waals surface area contributed by atoms with Crippen LogP contribution >= 0.6 is 0 Å². The summed E-state index contributed by atoms with van der Waals surface area (Å²) in [5, 5.41) is 6.16. The van der Waals surface area contributed by atoms with Gasteiger partial charge in [-0.05, 0) is 56.3 Å². The maximum absolute atomic E-state index is 14.9. The van der Waals surface area contributed by atoms with E-state index in [2.05, 4.69) is 20.5 Å². The van der Waals surface area contributed by atoms with Gasteiger partial charge < -0.3 is 24.7 Å². The minimum Gasteiger partial charge on any atom is -0.496 e. The van der Waals surface area contributed by atoms with E-state index in [9.17, 15) is 9.18 Å². The number of methoxy groups -OCH3 is 1. The molecule has 0 aliphatic carbocycles. The zero-order valence-electron chi connectivity index (χ0n) is 18.4. The number of nitrogens with one attached hydrogen (secondary N) is 2. The van der Waals surface area contributed by atoms with Gasteiger partial charge >= 0.3 is 0 Å². The summed E-state index contributed by atoms with van der Waals surface area (Å²) in [5.74, 6) is -0.492. The molecule has 4 heterocycles. The van der Waals surface area contributed by atoms with Crippen molar-refractivity contribution in [3.63, 3.8) is 0 Å². The maximum Gasteiger partial charge on any atom is 0.261 e. The largest absolute Gasteiger partial charge is 0.496 e. The van der Waals surface area contributed by atoms with Crippen LogP contribution in [0.3, 0.4) is 0 Å². The monoisotopic (exact) mass is 437 g/mol. The molecule has 2 aromatic heterocycles. The topological polar surface area (TPSA) is 70.9 Å². The number of imidazole rings is 1. The minimum absolute atomic E-state index is 0.149. The molecule has 2 N–H and O–H groups in total. The van der Waals surface area contributed by atoms with Crippen LogP contribution in [0, 0.1) is 18.2 Å². The van der Waals surface area contributed by atoms with E-state index in [1.54, 1.807) is 22.7 Å². The molecule has 1 amide bonds. The van der Waals surface area contributed by atoms with Crippen molar-refractivity contribution in [3.05, 3.63) is 53.7 Å². The summed E-state index contributed by atoms with van der Waals surface area (Å²) in [6, 6.07) is 6.73. The van der Waals surface area contributed by atoms with Crippen molar-refractivity contribution < 1.29 is 13.9 Å². The number of pyridine rings is 1. The van der Waals surface area contributed by atoms with Gasteiger partial charge in [-0.1, -0.05) is 0 Å². The van der Waals surface area contributed by atoms with E-state index < -0.39 is 11.7 Å². The molecule has 168 valence electrons. The second-order valence-electron chi connectivity index (χ2n) is 8.94. The highest BCUT2D eigenvalue weighted by Gasteiger charge is 2.37. The number of rotatable bonds is 4. The van der Waals surface area contributed by atoms with E-state index in [4.69, 9.17) is 4.74 Å². The van der Waals surface area contributed by atoms with Crippen LogP contribution in [0.25, 0.3) is 5.65 Å². The normalized spacial score (nSPS) is 17.8. The molecule has 32 heavy (non-hydrogen) atoms. The van der Waals surface area contributed by atoms with Gasteiger partial charge in [0.1, 0.15) is 17.2 Å². The number of nitrogens with zero attached hydrogens (tertiary/aromatic N) is 3. The van der Waals surface area contributed by atoms with E-state index in [1.807, 2.05) is 19.2 Å². The third-order valence-corrected chi connectivity index (χ3v) is 6.86. The molecule has 5 rings (SSSR count). The highest BCUT2D eigenvalue weighted by Crippen LogP contribution is 2.38. The molecule has 2 aliphatic heterocycles. The van der Waals surface area contributed by atoms with Gasteiger partial charge in [-0.25, -0.2) is 9.37 Å². The molecule has 3 aromatic rings. The Morgan fingerprint density at radius 2 is 2.03 bits per heavy atom. The lowest BCUT2D eigenvalue weighted by molar-refractivity contribution is 0.102. The summed E-state index contributed by atoms with van der Waals surface area (Å²) in [5.41, 5.74) is 3.25. The number of piperidine rings is 1. The number of carbonyl (C=O) groups excluding carboxylic acids is 1. The zero-order valence-corrected chi connectivity index (χ0v) is 18.4. The zero-order chi connectivity index (χ0) is 22.3. The van der Waals surface area contributed by atoms with Crippen molar-refractivity contribution in [2.45, 2.75) is 26.2 Å². The van der Waals surface area contributed by atoms with Gasteiger partial charge in [-0.15, -0.1) is 0 Å². The molecule has 0 unspecified atom stereocenters. The number of anilines is 2. The number of aryl methyl sites for hydroxylation is 1. The highest BCUT2D eigenvalue weighted by atomic mass is 19.1. The molecule has 2 aliphatic rings. The Morgan fingerprint density at radius 1 is 1.22 bits per heavy atom. The number of aromatic nitrogens is 2. The van der Waals surface area contributed by atoms with Gasteiger partial charge in [0.15, 0.2) is 0 Å². The third-order valence-electron chi connectivity index (χ3n) is 6.86. The number of ether oxygens (including phenoxy) is 1. The number of hydrogen-bond donors (Lipinski definition) is 2. The molecule has 2 saturated heterocycles. The van der Waals surface area contributed by atoms with E-state index in [-0.39, 0.29) is 5.69 Å². The minimum atomic E-state index is -0.447.